The molecular weight excluding hydrogens is 131 g/mol. The smallest absolute Gasteiger partial charge is 0.327 e. The van der Waals surface area contributed by atoms with Crippen molar-refractivity contribution in [3.05, 3.63) is 0 Å². The Morgan fingerprint density at radius 1 is 1.75 bits per heavy atom. The fourth-order valence-electron chi connectivity index (χ4n) is 0.149. The molecule has 0 rings (SSSR count). The predicted octanol–water partition coefficient (Wildman–Crippen LogP) is -0.197. The quantitative estimate of drug-likeness (QED) is 0.530. The predicted molar refractivity (Wildman–Crippen MR) is 28.0 cm³/mol. The highest BCUT2D eigenvalue weighted by molar-refractivity contribution is 7.39. The molecule has 0 aromatic rings. The van der Waals surface area contributed by atoms with E-state index >= 15 is 0 Å². The summed E-state index contributed by atoms with van der Waals surface area (Å²) in [6.45, 7) is 1.08. The van der Waals surface area contributed by atoms with E-state index in [1.165, 1.54) is 6.92 Å². The molecule has 0 fully saturated rings. The summed E-state index contributed by atoms with van der Waals surface area (Å²) in [6.07, 6.45) is 0. The standard InChI is InChI=1S/C3H7O4P/c1-3(4)2-7-8(5)6/h5-6H,2H2,1H3. The van der Waals surface area contributed by atoms with Crippen LogP contribution in [0.25, 0.3) is 0 Å². The van der Waals surface area contributed by atoms with Gasteiger partial charge < -0.3 is 14.3 Å². The van der Waals surface area contributed by atoms with Gasteiger partial charge in [0, 0.05) is 0 Å². The van der Waals surface area contributed by atoms with Crippen molar-refractivity contribution in [2.24, 2.45) is 0 Å². The first-order valence-electron chi connectivity index (χ1n) is 1.93. The molecule has 0 unspecified atom stereocenters. The van der Waals surface area contributed by atoms with Gasteiger partial charge in [0.15, 0.2) is 5.78 Å². The normalized spacial score (nSPS) is 10.0. The zero-order chi connectivity index (χ0) is 6.57. The lowest BCUT2D eigenvalue weighted by molar-refractivity contribution is -0.119. The van der Waals surface area contributed by atoms with E-state index in [4.69, 9.17) is 9.79 Å². The molecule has 2 N–H and O–H groups in total. The second-order valence-corrected chi connectivity index (χ2v) is 1.99. The summed E-state index contributed by atoms with van der Waals surface area (Å²) in [4.78, 5) is 26.1. The van der Waals surface area contributed by atoms with Crippen LogP contribution in [0.3, 0.4) is 0 Å². The zero-order valence-corrected chi connectivity index (χ0v) is 5.26. The molecule has 0 spiro atoms. The molecule has 5 heteroatoms. The van der Waals surface area contributed by atoms with Crippen molar-refractivity contribution in [2.45, 2.75) is 6.92 Å². The third kappa shape index (κ3) is 5.98. The van der Waals surface area contributed by atoms with Gasteiger partial charge in [-0.15, -0.1) is 0 Å². The van der Waals surface area contributed by atoms with E-state index in [9.17, 15) is 4.79 Å². The molecule has 48 valence electrons. The molecule has 0 atom stereocenters. The maximum absolute atomic E-state index is 10.0. The van der Waals surface area contributed by atoms with Crippen LogP contribution >= 0.6 is 8.60 Å². The van der Waals surface area contributed by atoms with E-state index in [1.54, 1.807) is 0 Å². The van der Waals surface area contributed by atoms with Gasteiger partial charge in [0.1, 0.15) is 6.61 Å². The number of carbonyl (C=O) groups excluding carboxylic acids is 1. The van der Waals surface area contributed by atoms with E-state index in [0.29, 0.717) is 0 Å². The summed E-state index contributed by atoms with van der Waals surface area (Å²) in [6, 6.07) is 0. The average Bonchev–Trinajstić information content (AvgIpc) is 1.61. The minimum atomic E-state index is -2.35. The van der Waals surface area contributed by atoms with Gasteiger partial charge in [-0.05, 0) is 6.92 Å². The average molecular weight is 138 g/mol. The summed E-state index contributed by atoms with van der Waals surface area (Å²) in [5.41, 5.74) is 0. The monoisotopic (exact) mass is 138 g/mol. The Kier molecular flexibility index (Phi) is 3.91. The van der Waals surface area contributed by atoms with Crippen LogP contribution in [0.15, 0.2) is 0 Å². The lowest BCUT2D eigenvalue weighted by Gasteiger charge is -1.97. The van der Waals surface area contributed by atoms with E-state index in [1.807, 2.05) is 0 Å². The van der Waals surface area contributed by atoms with Gasteiger partial charge in [0.25, 0.3) is 0 Å². The van der Waals surface area contributed by atoms with E-state index in [-0.39, 0.29) is 12.4 Å². The van der Waals surface area contributed by atoms with Gasteiger partial charge in [0.2, 0.25) is 0 Å². The molecule has 0 radical (unpaired) electrons. The molecule has 0 aliphatic rings. The molecule has 0 amide bonds. The topological polar surface area (TPSA) is 66.8 Å². The maximum Gasteiger partial charge on any atom is 0.327 e. The van der Waals surface area contributed by atoms with Gasteiger partial charge in [-0.25, -0.2) is 0 Å². The first kappa shape index (κ1) is 7.98. The third-order valence-electron chi connectivity index (χ3n) is 0.383. The summed E-state index contributed by atoms with van der Waals surface area (Å²) in [5, 5.41) is 0. The minimum Gasteiger partial charge on any atom is -0.328 e. The van der Waals surface area contributed by atoms with Crippen LogP contribution in [-0.4, -0.2) is 22.2 Å². The number of rotatable bonds is 3. The highest BCUT2D eigenvalue weighted by atomic mass is 31.2. The maximum atomic E-state index is 10.0. The molecule has 0 saturated heterocycles. The zero-order valence-electron chi connectivity index (χ0n) is 4.37. The van der Waals surface area contributed by atoms with Crippen molar-refractivity contribution in [1.29, 1.82) is 0 Å². The summed E-state index contributed by atoms with van der Waals surface area (Å²) < 4.78 is 4.13. The Bertz CT molecular complexity index is 81.4. The Hall–Kier alpha value is -0.0200. The van der Waals surface area contributed by atoms with Gasteiger partial charge in [0.05, 0.1) is 0 Å². The third-order valence-corrected chi connectivity index (χ3v) is 0.743. The van der Waals surface area contributed by atoms with Crippen LogP contribution in [0.2, 0.25) is 0 Å². The van der Waals surface area contributed by atoms with Crippen LogP contribution in [0.1, 0.15) is 6.92 Å². The number of ketones is 1. The van der Waals surface area contributed by atoms with Crippen LogP contribution in [0, 0.1) is 0 Å². The van der Waals surface area contributed by atoms with Crippen molar-refractivity contribution in [2.75, 3.05) is 6.61 Å². The molecule has 8 heavy (non-hydrogen) atoms. The molecule has 0 aromatic heterocycles. The van der Waals surface area contributed by atoms with Crippen molar-refractivity contribution < 1.29 is 19.1 Å². The Morgan fingerprint density at radius 2 is 2.25 bits per heavy atom. The first-order valence-corrected chi connectivity index (χ1v) is 3.09. The Balaban J connectivity index is 3.05. The molecule has 0 aliphatic carbocycles. The Morgan fingerprint density at radius 3 is 2.38 bits per heavy atom. The van der Waals surface area contributed by atoms with Gasteiger partial charge in [-0.2, -0.15) is 0 Å². The largest absolute Gasteiger partial charge is 0.328 e. The highest BCUT2D eigenvalue weighted by Crippen LogP contribution is 2.23. The second-order valence-electron chi connectivity index (χ2n) is 1.23. The number of hydrogen-bond acceptors (Lipinski definition) is 4. The number of hydrogen-bond donors (Lipinski definition) is 2. The van der Waals surface area contributed by atoms with Crippen LogP contribution in [0.4, 0.5) is 0 Å². The molecule has 0 heterocycles. The number of Topliss-reactive ketones (excluding diaryl/α,β-unsaturated/α-hetero) is 1. The molecule has 0 bridgehead atoms. The highest BCUT2D eigenvalue weighted by Gasteiger charge is 1.99. The van der Waals surface area contributed by atoms with E-state index in [2.05, 4.69) is 4.52 Å². The molecule has 0 saturated carbocycles. The van der Waals surface area contributed by atoms with Crippen molar-refractivity contribution >= 4 is 14.4 Å². The summed E-state index contributed by atoms with van der Waals surface area (Å²) in [7, 11) is -2.35. The first-order chi connectivity index (χ1) is 3.63. The summed E-state index contributed by atoms with van der Waals surface area (Å²) >= 11 is 0. The van der Waals surface area contributed by atoms with E-state index < -0.39 is 8.60 Å². The van der Waals surface area contributed by atoms with Gasteiger partial charge in [-0.3, -0.25) is 4.79 Å². The molecule has 4 nitrogen and oxygen atoms in total. The molecule has 0 aromatic carbocycles. The summed E-state index contributed by atoms with van der Waals surface area (Å²) in [5.74, 6) is -0.222. The molecule has 0 aliphatic heterocycles. The minimum absolute atomic E-state index is 0.222. The van der Waals surface area contributed by atoms with Crippen LogP contribution < -0.4 is 0 Å². The fourth-order valence-corrected chi connectivity index (χ4v) is 0.446. The van der Waals surface area contributed by atoms with Crippen molar-refractivity contribution in [3.63, 3.8) is 0 Å². The van der Waals surface area contributed by atoms with E-state index in [0.717, 1.165) is 0 Å². The lowest BCUT2D eigenvalue weighted by Crippen LogP contribution is -1.99. The SMILES string of the molecule is CC(=O)COP(O)O. The van der Waals surface area contributed by atoms with Gasteiger partial charge in [-0.1, -0.05) is 0 Å². The lowest BCUT2D eigenvalue weighted by atomic mass is 10.5. The second kappa shape index (κ2) is 3.92. The van der Waals surface area contributed by atoms with Crippen LogP contribution in [0.5, 0.6) is 0 Å². The van der Waals surface area contributed by atoms with Crippen molar-refractivity contribution in [1.82, 2.24) is 0 Å². The Labute approximate surface area is 48.1 Å². The number of carbonyl (C=O) groups is 1. The van der Waals surface area contributed by atoms with Gasteiger partial charge >= 0.3 is 8.60 Å². The van der Waals surface area contributed by atoms with Crippen molar-refractivity contribution in [3.8, 4) is 0 Å². The fraction of sp³-hybridized carbons (Fsp3) is 0.667. The van der Waals surface area contributed by atoms with Crippen LogP contribution in [-0.2, 0) is 9.32 Å². The molecular formula is C3H7O4P.